The topological polar surface area (TPSA) is 111 Å². The van der Waals surface area contributed by atoms with Crippen molar-refractivity contribution in [1.29, 1.82) is 0 Å². The van der Waals surface area contributed by atoms with Gasteiger partial charge in [-0.05, 0) is 78.7 Å². The molecular weight excluding hydrogens is 497 g/mol. The fourth-order valence-electron chi connectivity index (χ4n) is 4.83. The first-order valence-electron chi connectivity index (χ1n) is 12.7. The number of benzene rings is 1. The average molecular weight is 534 g/mol. The number of fused-ring (bicyclic) bond motifs is 1. The van der Waals surface area contributed by atoms with Crippen LogP contribution in [0, 0.1) is 5.82 Å². The SMILES string of the molecule is CCS(=O)(=O)Nc1ccc(N2Cc3cnc(NC4CCC(N(C)C)CC4)nc3N(C(C)C)C2=O)cc1F. The van der Waals surface area contributed by atoms with E-state index in [-0.39, 0.29) is 36.1 Å². The first kappa shape index (κ1) is 27.1. The van der Waals surface area contributed by atoms with E-state index in [1.807, 2.05) is 13.8 Å². The Morgan fingerprint density at radius 2 is 1.89 bits per heavy atom. The van der Waals surface area contributed by atoms with E-state index in [1.54, 1.807) is 11.1 Å². The van der Waals surface area contributed by atoms with Crippen molar-refractivity contribution in [2.75, 3.05) is 39.7 Å². The third kappa shape index (κ3) is 5.96. The van der Waals surface area contributed by atoms with Gasteiger partial charge in [0.2, 0.25) is 16.0 Å². The smallest absolute Gasteiger partial charge is 0.330 e. The fraction of sp³-hybridized carbons (Fsp3) is 0.560. The van der Waals surface area contributed by atoms with Crippen LogP contribution in [0.4, 0.5) is 32.3 Å². The Balaban J connectivity index is 1.56. The van der Waals surface area contributed by atoms with Gasteiger partial charge in [0.1, 0.15) is 11.6 Å². The number of rotatable bonds is 8. The highest BCUT2D eigenvalue weighted by molar-refractivity contribution is 7.92. The molecule has 202 valence electrons. The van der Waals surface area contributed by atoms with Gasteiger partial charge in [0.15, 0.2) is 0 Å². The van der Waals surface area contributed by atoms with Gasteiger partial charge in [0.25, 0.3) is 0 Å². The number of nitrogens with one attached hydrogen (secondary N) is 2. The van der Waals surface area contributed by atoms with Gasteiger partial charge in [-0.2, -0.15) is 4.98 Å². The number of hydrogen-bond donors (Lipinski definition) is 2. The molecule has 1 aliphatic carbocycles. The van der Waals surface area contributed by atoms with Crippen LogP contribution < -0.4 is 19.8 Å². The normalized spacial score (nSPS) is 20.4. The molecule has 0 saturated heterocycles. The number of urea groups is 1. The number of anilines is 4. The molecule has 0 atom stereocenters. The zero-order chi connectivity index (χ0) is 26.9. The highest BCUT2D eigenvalue weighted by atomic mass is 32.2. The number of carbonyl (C=O) groups is 1. The van der Waals surface area contributed by atoms with Gasteiger partial charge in [-0.1, -0.05) is 0 Å². The minimum atomic E-state index is -3.63. The predicted octanol–water partition coefficient (Wildman–Crippen LogP) is 4.02. The third-order valence-corrected chi connectivity index (χ3v) is 8.31. The second kappa shape index (κ2) is 10.8. The van der Waals surface area contributed by atoms with Crippen LogP contribution in [-0.4, -0.2) is 67.3 Å². The summed E-state index contributed by atoms with van der Waals surface area (Å²) in [5.41, 5.74) is 0.902. The molecule has 0 unspecified atom stereocenters. The van der Waals surface area contributed by atoms with Gasteiger partial charge in [0.05, 0.1) is 18.0 Å². The summed E-state index contributed by atoms with van der Waals surface area (Å²) in [6, 6.07) is 4.36. The van der Waals surface area contributed by atoms with E-state index < -0.39 is 15.8 Å². The predicted molar refractivity (Wildman–Crippen MR) is 144 cm³/mol. The van der Waals surface area contributed by atoms with Gasteiger partial charge in [0, 0.05) is 35.6 Å². The van der Waals surface area contributed by atoms with Crippen LogP contribution in [-0.2, 0) is 16.6 Å². The van der Waals surface area contributed by atoms with Crippen molar-refractivity contribution in [2.24, 2.45) is 0 Å². The Morgan fingerprint density at radius 1 is 1.19 bits per heavy atom. The summed E-state index contributed by atoms with van der Waals surface area (Å²) in [5, 5.41) is 3.45. The highest BCUT2D eigenvalue weighted by Gasteiger charge is 2.35. The minimum Gasteiger partial charge on any atom is -0.351 e. The number of hydrogen-bond acceptors (Lipinski definition) is 7. The molecule has 2 aliphatic rings. The third-order valence-electron chi connectivity index (χ3n) is 7.02. The molecule has 1 aliphatic heterocycles. The molecular formula is C25H36FN7O3S. The second-order valence-corrected chi connectivity index (χ2v) is 12.2. The van der Waals surface area contributed by atoms with E-state index in [1.165, 1.54) is 24.0 Å². The molecule has 0 spiro atoms. The zero-order valence-corrected chi connectivity index (χ0v) is 22.8. The van der Waals surface area contributed by atoms with Gasteiger partial charge in [-0.15, -0.1) is 0 Å². The Bertz CT molecular complexity index is 1250. The summed E-state index contributed by atoms with van der Waals surface area (Å²) < 4.78 is 40.7. The van der Waals surface area contributed by atoms with Crippen molar-refractivity contribution in [2.45, 2.75) is 71.1 Å². The van der Waals surface area contributed by atoms with Crippen LogP contribution in [0.2, 0.25) is 0 Å². The summed E-state index contributed by atoms with van der Waals surface area (Å²) in [6.07, 6.45) is 5.98. The summed E-state index contributed by atoms with van der Waals surface area (Å²) in [5.74, 6) is 0.109. The molecule has 1 aromatic heterocycles. The van der Waals surface area contributed by atoms with Gasteiger partial charge >= 0.3 is 6.03 Å². The van der Waals surface area contributed by atoms with E-state index >= 15 is 0 Å². The lowest BCUT2D eigenvalue weighted by Gasteiger charge is -2.38. The number of sulfonamides is 1. The maximum Gasteiger partial charge on any atom is 0.330 e. The molecule has 1 fully saturated rings. The molecule has 2 heterocycles. The van der Waals surface area contributed by atoms with E-state index in [4.69, 9.17) is 4.98 Å². The quantitative estimate of drug-likeness (QED) is 0.527. The monoisotopic (exact) mass is 533 g/mol. The van der Waals surface area contributed by atoms with Crippen LogP contribution in [0.15, 0.2) is 24.4 Å². The largest absolute Gasteiger partial charge is 0.351 e. The molecule has 1 saturated carbocycles. The van der Waals surface area contributed by atoms with Crippen LogP contribution in [0.25, 0.3) is 0 Å². The Morgan fingerprint density at radius 3 is 2.49 bits per heavy atom. The van der Waals surface area contributed by atoms with Crippen LogP contribution in [0.3, 0.4) is 0 Å². The van der Waals surface area contributed by atoms with Gasteiger partial charge in [-0.25, -0.2) is 22.6 Å². The van der Waals surface area contributed by atoms with E-state index in [0.717, 1.165) is 37.3 Å². The van der Waals surface area contributed by atoms with E-state index in [2.05, 4.69) is 34.0 Å². The van der Waals surface area contributed by atoms with E-state index in [9.17, 15) is 17.6 Å². The Kier molecular flexibility index (Phi) is 7.88. The van der Waals surface area contributed by atoms with Crippen molar-refractivity contribution in [1.82, 2.24) is 14.9 Å². The molecule has 1 aromatic carbocycles. The molecule has 2 aromatic rings. The lowest BCUT2D eigenvalue weighted by molar-refractivity contribution is 0.221. The molecule has 4 rings (SSSR count). The molecule has 10 nitrogen and oxygen atoms in total. The number of halogens is 1. The second-order valence-electron chi connectivity index (χ2n) is 10.2. The maximum absolute atomic E-state index is 14.8. The molecule has 0 radical (unpaired) electrons. The van der Waals surface area contributed by atoms with Crippen molar-refractivity contribution >= 4 is 39.2 Å². The zero-order valence-electron chi connectivity index (χ0n) is 22.0. The van der Waals surface area contributed by atoms with Crippen LogP contribution in [0.1, 0.15) is 52.0 Å². The summed E-state index contributed by atoms with van der Waals surface area (Å²) in [7, 11) is 0.598. The number of nitrogens with zero attached hydrogens (tertiary/aromatic N) is 5. The standard InChI is InChI=1S/C25H36FN7O3S/c1-6-37(35,36)30-22-12-11-20(13-21(22)26)32-15-17-14-27-24(29-23(17)33(16(2)3)25(32)34)28-18-7-9-19(10-8-18)31(4)5/h11-14,16,18-19,30H,6-10,15H2,1-5H3,(H,27,28,29). The van der Waals surface area contributed by atoms with Gasteiger partial charge in [-0.3, -0.25) is 14.5 Å². The molecule has 2 amide bonds. The maximum atomic E-state index is 14.8. The van der Waals surface area contributed by atoms with Crippen molar-refractivity contribution in [3.8, 4) is 0 Å². The molecule has 12 heteroatoms. The average Bonchev–Trinajstić information content (AvgIpc) is 2.85. The van der Waals surface area contributed by atoms with Crippen LogP contribution in [0.5, 0.6) is 0 Å². The number of aromatic nitrogens is 2. The summed E-state index contributed by atoms with van der Waals surface area (Å²) in [6.45, 7) is 5.43. The number of carbonyl (C=O) groups excluding carboxylic acids is 1. The summed E-state index contributed by atoms with van der Waals surface area (Å²) >= 11 is 0. The van der Waals surface area contributed by atoms with E-state index in [0.29, 0.717) is 23.5 Å². The van der Waals surface area contributed by atoms with Crippen LogP contribution >= 0.6 is 0 Å². The van der Waals surface area contributed by atoms with Crippen molar-refractivity contribution in [3.63, 3.8) is 0 Å². The molecule has 37 heavy (non-hydrogen) atoms. The van der Waals surface area contributed by atoms with Gasteiger partial charge < -0.3 is 10.2 Å². The molecule has 2 N–H and O–H groups in total. The number of amides is 2. The lowest BCUT2D eigenvalue weighted by Crippen LogP contribution is -2.51. The Labute approximate surface area is 218 Å². The van der Waals surface area contributed by atoms with Crippen molar-refractivity contribution in [3.05, 3.63) is 35.8 Å². The minimum absolute atomic E-state index is 0.158. The Hall–Kier alpha value is -2.99. The first-order valence-corrected chi connectivity index (χ1v) is 14.3. The van der Waals surface area contributed by atoms with Crippen molar-refractivity contribution < 1.29 is 17.6 Å². The fourth-order valence-corrected chi connectivity index (χ4v) is 5.47. The first-order chi connectivity index (χ1) is 17.5. The highest BCUT2D eigenvalue weighted by Crippen LogP contribution is 2.34. The summed E-state index contributed by atoms with van der Waals surface area (Å²) in [4.78, 5) is 28.1. The molecule has 0 bridgehead atoms. The lowest BCUT2D eigenvalue weighted by atomic mass is 9.91.